The summed E-state index contributed by atoms with van der Waals surface area (Å²) >= 11 is 0. The summed E-state index contributed by atoms with van der Waals surface area (Å²) in [5.41, 5.74) is 1.28. The maximum absolute atomic E-state index is 13.1. The molecule has 8 heteroatoms. The Balaban J connectivity index is 2.10. The van der Waals surface area contributed by atoms with Gasteiger partial charge in [-0.1, -0.05) is 0 Å². The normalized spacial score (nSPS) is 11.2. The van der Waals surface area contributed by atoms with Crippen molar-refractivity contribution >= 4 is 21.6 Å². The number of halogens is 1. The summed E-state index contributed by atoms with van der Waals surface area (Å²) in [6.45, 7) is 1.23. The molecule has 0 saturated heterocycles. The van der Waals surface area contributed by atoms with Crippen LogP contribution in [0.15, 0.2) is 47.4 Å². The zero-order valence-corrected chi connectivity index (χ0v) is 14.5. The Hall–Kier alpha value is -2.76. The second-order valence-electron chi connectivity index (χ2n) is 5.40. The van der Waals surface area contributed by atoms with Crippen LogP contribution in [-0.2, 0) is 14.8 Å². The first-order valence-corrected chi connectivity index (χ1v) is 8.70. The van der Waals surface area contributed by atoms with Gasteiger partial charge in [0.05, 0.1) is 23.1 Å². The van der Waals surface area contributed by atoms with Gasteiger partial charge in [-0.2, -0.15) is 9.57 Å². The Kier molecular flexibility index (Phi) is 5.51. The lowest BCUT2D eigenvalue weighted by atomic mass is 10.2. The molecule has 0 aliphatic rings. The van der Waals surface area contributed by atoms with Gasteiger partial charge < -0.3 is 5.32 Å². The number of rotatable bonds is 5. The quantitative estimate of drug-likeness (QED) is 0.884. The molecule has 0 heterocycles. The number of sulfonamides is 1. The number of anilines is 1. The van der Waals surface area contributed by atoms with Crippen LogP contribution in [0.1, 0.15) is 11.1 Å². The van der Waals surface area contributed by atoms with E-state index in [-0.39, 0.29) is 4.90 Å². The van der Waals surface area contributed by atoms with Gasteiger partial charge in [0.15, 0.2) is 0 Å². The van der Waals surface area contributed by atoms with E-state index in [2.05, 4.69) is 5.32 Å². The van der Waals surface area contributed by atoms with Crippen LogP contribution in [0.5, 0.6) is 0 Å². The van der Waals surface area contributed by atoms with Crippen LogP contribution in [0, 0.1) is 24.1 Å². The molecule has 1 amide bonds. The molecule has 2 aromatic carbocycles. The lowest BCUT2D eigenvalue weighted by Gasteiger charge is -2.17. The van der Waals surface area contributed by atoms with Crippen LogP contribution >= 0.6 is 0 Å². The smallest absolute Gasteiger partial charge is 0.243 e. The van der Waals surface area contributed by atoms with Crippen LogP contribution in [-0.4, -0.2) is 32.2 Å². The predicted molar refractivity (Wildman–Crippen MR) is 90.7 cm³/mol. The van der Waals surface area contributed by atoms with Crippen molar-refractivity contribution in [1.29, 1.82) is 5.26 Å². The maximum Gasteiger partial charge on any atom is 0.243 e. The summed E-state index contributed by atoms with van der Waals surface area (Å²) in [7, 11) is -2.58. The molecular weight excluding hydrogens is 345 g/mol. The van der Waals surface area contributed by atoms with Crippen molar-refractivity contribution < 1.29 is 17.6 Å². The van der Waals surface area contributed by atoms with Crippen molar-refractivity contribution in [3.8, 4) is 6.07 Å². The van der Waals surface area contributed by atoms with E-state index in [4.69, 9.17) is 5.26 Å². The summed E-state index contributed by atoms with van der Waals surface area (Å²) in [6.07, 6.45) is 0. The highest BCUT2D eigenvalue weighted by molar-refractivity contribution is 7.89. The molecule has 0 atom stereocenters. The zero-order chi connectivity index (χ0) is 18.6. The van der Waals surface area contributed by atoms with Gasteiger partial charge in [-0.15, -0.1) is 0 Å². The zero-order valence-electron chi connectivity index (χ0n) is 13.7. The first kappa shape index (κ1) is 18.6. The number of likely N-dealkylation sites (N-methyl/N-ethyl adjacent to an activating group) is 1. The fourth-order valence-electron chi connectivity index (χ4n) is 2.13. The highest BCUT2D eigenvalue weighted by atomic mass is 32.2. The fraction of sp³-hybridized carbons (Fsp3) is 0.176. The Morgan fingerprint density at radius 3 is 2.44 bits per heavy atom. The Morgan fingerprint density at radius 2 is 1.88 bits per heavy atom. The van der Waals surface area contributed by atoms with E-state index in [0.29, 0.717) is 16.8 Å². The second kappa shape index (κ2) is 7.42. The van der Waals surface area contributed by atoms with Crippen LogP contribution in [0.25, 0.3) is 0 Å². The molecule has 0 spiro atoms. The highest BCUT2D eigenvalue weighted by Crippen LogP contribution is 2.17. The minimum Gasteiger partial charge on any atom is -0.325 e. The summed E-state index contributed by atoms with van der Waals surface area (Å²) in [5.74, 6) is -0.967. The molecule has 0 aliphatic carbocycles. The summed E-state index contributed by atoms with van der Waals surface area (Å²) in [5, 5.41) is 11.3. The number of nitrogens with one attached hydrogen (secondary N) is 1. The van der Waals surface area contributed by atoms with Crippen molar-refractivity contribution in [2.45, 2.75) is 11.8 Å². The molecule has 0 radical (unpaired) electrons. The lowest BCUT2D eigenvalue weighted by Crippen LogP contribution is -2.35. The molecule has 130 valence electrons. The average Bonchev–Trinajstić information content (AvgIpc) is 2.57. The molecule has 0 saturated carbocycles. The molecule has 2 rings (SSSR count). The molecule has 0 fully saturated rings. The number of hydrogen-bond donors (Lipinski definition) is 1. The van der Waals surface area contributed by atoms with Gasteiger partial charge in [0.1, 0.15) is 5.82 Å². The molecule has 1 N–H and O–H groups in total. The van der Waals surface area contributed by atoms with Crippen molar-refractivity contribution in [2.75, 3.05) is 18.9 Å². The number of carbonyl (C=O) groups is 1. The SMILES string of the molecule is Cc1cc(F)ccc1NC(=O)CN(C)S(=O)(=O)c1ccc(C#N)cc1. The molecule has 25 heavy (non-hydrogen) atoms. The number of hydrogen-bond acceptors (Lipinski definition) is 4. The van der Waals surface area contributed by atoms with E-state index in [1.54, 1.807) is 6.92 Å². The van der Waals surface area contributed by atoms with Crippen LogP contribution < -0.4 is 5.32 Å². The Labute approximate surface area is 145 Å². The van der Waals surface area contributed by atoms with E-state index in [0.717, 1.165) is 4.31 Å². The first-order chi connectivity index (χ1) is 11.7. The van der Waals surface area contributed by atoms with Crippen molar-refractivity contribution in [3.63, 3.8) is 0 Å². The van der Waals surface area contributed by atoms with Crippen molar-refractivity contribution in [1.82, 2.24) is 4.31 Å². The molecule has 0 aromatic heterocycles. The van der Waals surface area contributed by atoms with Gasteiger partial charge in [-0.3, -0.25) is 4.79 Å². The van der Waals surface area contributed by atoms with E-state index < -0.39 is 28.3 Å². The van der Waals surface area contributed by atoms with E-state index in [1.165, 1.54) is 49.5 Å². The van der Waals surface area contributed by atoms with Crippen molar-refractivity contribution in [2.24, 2.45) is 0 Å². The van der Waals surface area contributed by atoms with Crippen molar-refractivity contribution in [3.05, 3.63) is 59.4 Å². The Bertz CT molecular complexity index is 935. The van der Waals surface area contributed by atoms with Gasteiger partial charge in [-0.25, -0.2) is 12.8 Å². The number of nitrogens with zero attached hydrogens (tertiary/aromatic N) is 2. The third kappa shape index (κ3) is 4.41. The van der Waals surface area contributed by atoms with E-state index in [1.807, 2.05) is 6.07 Å². The maximum atomic E-state index is 13.1. The van der Waals surface area contributed by atoms with Gasteiger partial charge >= 0.3 is 0 Å². The average molecular weight is 361 g/mol. The van der Waals surface area contributed by atoms with Crippen LogP contribution in [0.2, 0.25) is 0 Å². The van der Waals surface area contributed by atoms with Gasteiger partial charge in [0.25, 0.3) is 0 Å². The van der Waals surface area contributed by atoms with Gasteiger partial charge in [-0.05, 0) is 55.0 Å². The number of benzene rings is 2. The van der Waals surface area contributed by atoms with Gasteiger partial charge in [0, 0.05) is 12.7 Å². The fourth-order valence-corrected chi connectivity index (χ4v) is 3.25. The number of carbonyl (C=O) groups excluding carboxylic acids is 1. The minimum absolute atomic E-state index is 0.0141. The predicted octanol–water partition coefficient (Wildman–Crippen LogP) is 2.26. The minimum atomic E-state index is -3.87. The second-order valence-corrected chi connectivity index (χ2v) is 7.45. The molecule has 0 aliphatic heterocycles. The largest absolute Gasteiger partial charge is 0.325 e. The summed E-state index contributed by atoms with van der Waals surface area (Å²) < 4.78 is 38.9. The molecule has 0 bridgehead atoms. The molecular formula is C17H16FN3O3S. The third-order valence-corrected chi connectivity index (χ3v) is 5.34. The third-order valence-electron chi connectivity index (χ3n) is 3.52. The van der Waals surface area contributed by atoms with Crippen LogP contribution in [0.4, 0.5) is 10.1 Å². The standard InChI is InChI=1S/C17H16FN3O3S/c1-12-9-14(18)5-8-16(12)20-17(22)11-21(2)25(23,24)15-6-3-13(10-19)4-7-15/h3-9H,11H2,1-2H3,(H,20,22). The number of nitriles is 1. The highest BCUT2D eigenvalue weighted by Gasteiger charge is 2.23. The Morgan fingerprint density at radius 1 is 1.24 bits per heavy atom. The number of amides is 1. The topological polar surface area (TPSA) is 90.3 Å². The van der Waals surface area contributed by atoms with Crippen LogP contribution in [0.3, 0.4) is 0 Å². The first-order valence-electron chi connectivity index (χ1n) is 7.26. The summed E-state index contributed by atoms with van der Waals surface area (Å²) in [6, 6.07) is 11.2. The summed E-state index contributed by atoms with van der Waals surface area (Å²) in [4.78, 5) is 12.1. The molecule has 0 unspecified atom stereocenters. The lowest BCUT2D eigenvalue weighted by molar-refractivity contribution is -0.116. The monoisotopic (exact) mass is 361 g/mol. The van der Waals surface area contributed by atoms with E-state index >= 15 is 0 Å². The van der Waals surface area contributed by atoms with E-state index in [9.17, 15) is 17.6 Å². The van der Waals surface area contributed by atoms with Gasteiger partial charge in [0.2, 0.25) is 15.9 Å². The molecule has 6 nitrogen and oxygen atoms in total. The number of aryl methyl sites for hydroxylation is 1. The molecule has 2 aromatic rings.